The van der Waals surface area contributed by atoms with Crippen LogP contribution in [-0.2, 0) is 16.4 Å². The third-order valence-electron chi connectivity index (χ3n) is 3.90. The summed E-state index contributed by atoms with van der Waals surface area (Å²) in [6.45, 7) is 0.674. The van der Waals surface area contributed by atoms with Gasteiger partial charge < -0.3 is 0 Å². The molecular formula is C15H18N2O2S. The monoisotopic (exact) mass is 290 g/mol. The fourth-order valence-electron chi connectivity index (χ4n) is 2.37. The van der Waals surface area contributed by atoms with Gasteiger partial charge in [-0.2, -0.15) is 9.57 Å². The third-order valence-corrected chi connectivity index (χ3v) is 5.83. The molecule has 0 aliphatic heterocycles. The van der Waals surface area contributed by atoms with Crippen LogP contribution in [0.3, 0.4) is 0 Å². The van der Waals surface area contributed by atoms with Crippen LogP contribution < -0.4 is 0 Å². The highest BCUT2D eigenvalue weighted by molar-refractivity contribution is 7.89. The maximum atomic E-state index is 12.7. The first kappa shape index (κ1) is 13.6. The molecule has 0 N–H and O–H groups in total. The van der Waals surface area contributed by atoms with Crippen LogP contribution in [-0.4, -0.2) is 25.3 Å². The zero-order valence-electron chi connectivity index (χ0n) is 11.3. The molecule has 2 saturated carbocycles. The summed E-state index contributed by atoms with van der Waals surface area (Å²) in [4.78, 5) is 0.353. The van der Waals surface area contributed by atoms with Crippen molar-refractivity contribution >= 4 is 10.0 Å². The van der Waals surface area contributed by atoms with Gasteiger partial charge in [-0.25, -0.2) is 8.42 Å². The quantitative estimate of drug-likeness (QED) is 0.807. The summed E-state index contributed by atoms with van der Waals surface area (Å²) in [5.41, 5.74) is 0.853. The average Bonchev–Trinajstić information content (AvgIpc) is 3.29. The second kappa shape index (κ2) is 5.19. The highest BCUT2D eigenvalue weighted by atomic mass is 32.2. The minimum atomic E-state index is -3.37. The molecule has 0 bridgehead atoms. The van der Waals surface area contributed by atoms with Gasteiger partial charge in [0.15, 0.2) is 0 Å². The van der Waals surface area contributed by atoms with Crippen molar-refractivity contribution in [2.24, 2.45) is 5.92 Å². The summed E-state index contributed by atoms with van der Waals surface area (Å²) in [6.07, 6.45) is 4.59. The molecule has 0 heterocycles. The Morgan fingerprint density at radius 3 is 2.30 bits per heavy atom. The normalized spacial score (nSPS) is 19.0. The van der Waals surface area contributed by atoms with Crippen LogP contribution in [0.25, 0.3) is 0 Å². The number of nitrogens with zero attached hydrogens (tertiary/aromatic N) is 2. The van der Waals surface area contributed by atoms with E-state index in [9.17, 15) is 8.42 Å². The smallest absolute Gasteiger partial charge is 0.207 e. The Labute approximate surface area is 120 Å². The van der Waals surface area contributed by atoms with Gasteiger partial charge in [-0.15, -0.1) is 0 Å². The maximum absolute atomic E-state index is 12.7. The summed E-state index contributed by atoms with van der Waals surface area (Å²) < 4.78 is 27.1. The predicted octanol–water partition coefficient (Wildman–Crippen LogP) is 2.32. The van der Waals surface area contributed by atoms with Crippen molar-refractivity contribution in [1.82, 2.24) is 4.31 Å². The number of rotatable bonds is 6. The number of benzene rings is 1. The van der Waals surface area contributed by atoms with E-state index < -0.39 is 10.0 Å². The second-order valence-corrected chi connectivity index (χ2v) is 7.62. The van der Waals surface area contributed by atoms with Gasteiger partial charge in [0.1, 0.15) is 0 Å². The molecule has 2 aliphatic carbocycles. The van der Waals surface area contributed by atoms with Crippen LogP contribution in [0.5, 0.6) is 0 Å². The minimum Gasteiger partial charge on any atom is -0.207 e. The van der Waals surface area contributed by atoms with E-state index >= 15 is 0 Å². The molecule has 106 valence electrons. The first-order chi connectivity index (χ1) is 9.61. The lowest BCUT2D eigenvalue weighted by atomic mass is 10.2. The van der Waals surface area contributed by atoms with Gasteiger partial charge in [0.2, 0.25) is 10.0 Å². The van der Waals surface area contributed by atoms with Gasteiger partial charge in [-0.3, -0.25) is 0 Å². The molecule has 0 unspecified atom stereocenters. The molecule has 0 atom stereocenters. The van der Waals surface area contributed by atoms with Crippen molar-refractivity contribution in [3.63, 3.8) is 0 Å². The molecule has 20 heavy (non-hydrogen) atoms. The lowest BCUT2D eigenvalue weighted by Crippen LogP contribution is -2.34. The molecule has 2 fully saturated rings. The summed E-state index contributed by atoms with van der Waals surface area (Å²) in [5, 5.41) is 8.65. The molecule has 1 aromatic carbocycles. The molecule has 4 nitrogen and oxygen atoms in total. The Morgan fingerprint density at radius 1 is 1.15 bits per heavy atom. The fourth-order valence-corrected chi connectivity index (χ4v) is 4.13. The summed E-state index contributed by atoms with van der Waals surface area (Å²) >= 11 is 0. The van der Waals surface area contributed by atoms with E-state index in [1.165, 1.54) is 0 Å². The molecule has 3 rings (SSSR count). The van der Waals surface area contributed by atoms with Crippen LogP contribution in [0.1, 0.15) is 31.2 Å². The Hall–Kier alpha value is -1.38. The highest BCUT2D eigenvalue weighted by Crippen LogP contribution is 2.37. The molecular weight excluding hydrogens is 272 g/mol. The number of sulfonamides is 1. The van der Waals surface area contributed by atoms with Gasteiger partial charge >= 0.3 is 0 Å². The molecule has 0 amide bonds. The summed E-state index contributed by atoms with van der Waals surface area (Å²) in [6, 6.07) is 9.00. The molecule has 5 heteroatoms. The largest absolute Gasteiger partial charge is 0.243 e. The molecule has 0 radical (unpaired) electrons. The van der Waals surface area contributed by atoms with Gasteiger partial charge in [-0.1, -0.05) is 12.1 Å². The van der Waals surface area contributed by atoms with Crippen molar-refractivity contribution in [2.75, 3.05) is 6.54 Å². The van der Waals surface area contributed by atoms with E-state index in [2.05, 4.69) is 6.07 Å². The van der Waals surface area contributed by atoms with Crippen molar-refractivity contribution in [2.45, 2.75) is 43.0 Å². The van der Waals surface area contributed by atoms with Gasteiger partial charge in [0, 0.05) is 12.6 Å². The maximum Gasteiger partial charge on any atom is 0.243 e. The molecule has 0 aromatic heterocycles. The zero-order valence-corrected chi connectivity index (χ0v) is 12.1. The molecule has 1 aromatic rings. The SMILES string of the molecule is N#CCc1ccc(S(=O)(=O)N(CC2CC2)C2CC2)cc1. The standard InChI is InChI=1S/C15H18N2O2S/c16-10-9-12-3-7-15(8-4-12)20(18,19)17(14-5-6-14)11-13-1-2-13/h3-4,7-8,13-14H,1-2,5-6,9,11H2. The Balaban J connectivity index is 1.83. The van der Waals surface area contributed by atoms with E-state index in [1.807, 2.05) is 0 Å². The van der Waals surface area contributed by atoms with E-state index in [-0.39, 0.29) is 6.04 Å². The number of hydrogen-bond donors (Lipinski definition) is 0. The van der Waals surface area contributed by atoms with Crippen molar-refractivity contribution in [3.8, 4) is 6.07 Å². The molecule has 0 spiro atoms. The topological polar surface area (TPSA) is 61.2 Å². The number of hydrogen-bond acceptors (Lipinski definition) is 3. The van der Waals surface area contributed by atoms with E-state index in [0.717, 1.165) is 31.2 Å². The van der Waals surface area contributed by atoms with Crippen molar-refractivity contribution in [1.29, 1.82) is 5.26 Å². The lowest BCUT2D eigenvalue weighted by Gasteiger charge is -2.21. The fraction of sp³-hybridized carbons (Fsp3) is 0.533. The second-order valence-electron chi connectivity index (χ2n) is 5.73. The van der Waals surface area contributed by atoms with Crippen molar-refractivity contribution < 1.29 is 8.42 Å². The molecule has 2 aliphatic rings. The third kappa shape index (κ3) is 2.87. The Kier molecular flexibility index (Phi) is 3.53. The van der Waals surface area contributed by atoms with Crippen LogP contribution in [0.15, 0.2) is 29.2 Å². The van der Waals surface area contributed by atoms with Crippen LogP contribution in [0.2, 0.25) is 0 Å². The van der Waals surface area contributed by atoms with Gasteiger partial charge in [-0.05, 0) is 49.3 Å². The summed E-state index contributed by atoms with van der Waals surface area (Å²) in [5.74, 6) is 0.559. The highest BCUT2D eigenvalue weighted by Gasteiger charge is 2.40. The predicted molar refractivity (Wildman–Crippen MR) is 75.4 cm³/mol. The first-order valence-corrected chi connectivity index (χ1v) is 8.53. The zero-order chi connectivity index (χ0) is 14.2. The van der Waals surface area contributed by atoms with Crippen LogP contribution in [0, 0.1) is 17.2 Å². The van der Waals surface area contributed by atoms with Gasteiger partial charge in [0.05, 0.1) is 17.4 Å². The van der Waals surface area contributed by atoms with Crippen LogP contribution >= 0.6 is 0 Å². The first-order valence-electron chi connectivity index (χ1n) is 7.09. The Morgan fingerprint density at radius 2 is 1.80 bits per heavy atom. The number of nitriles is 1. The van der Waals surface area contributed by atoms with E-state index in [4.69, 9.17) is 5.26 Å². The van der Waals surface area contributed by atoms with Crippen molar-refractivity contribution in [3.05, 3.63) is 29.8 Å². The summed E-state index contributed by atoms with van der Waals surface area (Å²) in [7, 11) is -3.37. The van der Waals surface area contributed by atoms with E-state index in [0.29, 0.717) is 23.8 Å². The van der Waals surface area contributed by atoms with Gasteiger partial charge in [0.25, 0.3) is 0 Å². The molecule has 0 saturated heterocycles. The lowest BCUT2D eigenvalue weighted by molar-refractivity contribution is 0.389. The van der Waals surface area contributed by atoms with Crippen LogP contribution in [0.4, 0.5) is 0 Å². The van der Waals surface area contributed by atoms with E-state index in [1.54, 1.807) is 28.6 Å². The average molecular weight is 290 g/mol. The Bertz CT molecular complexity index is 623. The minimum absolute atomic E-state index is 0.208.